The molecule has 30 heavy (non-hydrogen) atoms. The number of carbonyl (C=O) groups excluding carboxylic acids is 2. The Morgan fingerprint density at radius 1 is 1.13 bits per heavy atom. The van der Waals surface area contributed by atoms with E-state index >= 15 is 0 Å². The van der Waals surface area contributed by atoms with Gasteiger partial charge in [-0.3, -0.25) is 4.79 Å². The molecule has 1 heterocycles. The summed E-state index contributed by atoms with van der Waals surface area (Å²) in [5.41, 5.74) is 1.74. The van der Waals surface area contributed by atoms with Crippen molar-refractivity contribution in [3.05, 3.63) is 82.3 Å². The van der Waals surface area contributed by atoms with Crippen LogP contribution in [0.5, 0.6) is 5.75 Å². The quantitative estimate of drug-likeness (QED) is 0.417. The van der Waals surface area contributed by atoms with E-state index in [2.05, 4.69) is 10.3 Å². The number of rotatable bonds is 8. The van der Waals surface area contributed by atoms with E-state index in [0.717, 1.165) is 5.01 Å². The summed E-state index contributed by atoms with van der Waals surface area (Å²) in [6.07, 6.45) is 1.72. The predicted octanol–water partition coefficient (Wildman–Crippen LogP) is 4.79. The zero-order valence-corrected chi connectivity index (χ0v) is 17.5. The highest BCUT2D eigenvalue weighted by atomic mass is 32.1. The predicted molar refractivity (Wildman–Crippen MR) is 117 cm³/mol. The minimum Gasteiger partial charge on any atom is -0.492 e. The van der Waals surface area contributed by atoms with Gasteiger partial charge in [0.25, 0.3) is 5.91 Å². The summed E-state index contributed by atoms with van der Waals surface area (Å²) >= 11 is 1.49. The van der Waals surface area contributed by atoms with Gasteiger partial charge in [0, 0.05) is 17.0 Å². The third-order valence-corrected chi connectivity index (χ3v) is 4.84. The van der Waals surface area contributed by atoms with Gasteiger partial charge in [0.2, 0.25) is 6.10 Å². The lowest BCUT2D eigenvalue weighted by Crippen LogP contribution is -2.25. The molecule has 7 heteroatoms. The molecule has 1 amide bonds. The van der Waals surface area contributed by atoms with Gasteiger partial charge in [-0.05, 0) is 32.1 Å². The van der Waals surface area contributed by atoms with E-state index in [4.69, 9.17) is 9.47 Å². The molecule has 1 atom stereocenters. The highest BCUT2D eigenvalue weighted by molar-refractivity contribution is 7.09. The van der Waals surface area contributed by atoms with Gasteiger partial charge in [-0.25, -0.2) is 9.78 Å². The number of anilines is 1. The Hall–Kier alpha value is -3.45. The number of amides is 1. The maximum Gasteiger partial charge on any atom is 0.331 e. The summed E-state index contributed by atoms with van der Waals surface area (Å²) in [5.74, 6) is -0.562. The van der Waals surface area contributed by atoms with Gasteiger partial charge in [-0.2, -0.15) is 0 Å². The Balaban J connectivity index is 1.78. The monoisotopic (exact) mass is 422 g/mol. The third kappa shape index (κ3) is 5.78. The molecule has 2 aromatic carbocycles. The highest BCUT2D eigenvalue weighted by Crippen LogP contribution is 2.26. The second kappa shape index (κ2) is 10.4. The number of benzene rings is 2. The molecule has 3 rings (SSSR count). The van der Waals surface area contributed by atoms with Crippen LogP contribution in [0.25, 0.3) is 6.08 Å². The first kappa shape index (κ1) is 21.3. The summed E-state index contributed by atoms with van der Waals surface area (Å²) in [5, 5.41) is 5.54. The first-order valence-electron chi connectivity index (χ1n) is 9.45. The van der Waals surface area contributed by atoms with E-state index in [9.17, 15) is 9.59 Å². The molecule has 0 aliphatic heterocycles. The van der Waals surface area contributed by atoms with Crippen molar-refractivity contribution in [2.75, 3.05) is 11.9 Å². The molecule has 3 aromatic rings. The number of carbonyl (C=O) groups is 2. The molecule has 1 aromatic heterocycles. The van der Waals surface area contributed by atoms with Crippen LogP contribution in [-0.2, 0) is 14.3 Å². The Labute approximate surface area is 179 Å². The second-order valence-corrected chi connectivity index (χ2v) is 7.33. The molecule has 0 aliphatic carbocycles. The lowest BCUT2D eigenvalue weighted by Gasteiger charge is -2.18. The Morgan fingerprint density at radius 3 is 2.57 bits per heavy atom. The number of para-hydroxylation sites is 2. The van der Waals surface area contributed by atoms with Crippen LogP contribution >= 0.6 is 11.3 Å². The van der Waals surface area contributed by atoms with E-state index in [-0.39, 0.29) is 0 Å². The fraction of sp³-hybridized carbons (Fsp3) is 0.174. The van der Waals surface area contributed by atoms with Gasteiger partial charge < -0.3 is 14.8 Å². The van der Waals surface area contributed by atoms with Crippen LogP contribution in [0.3, 0.4) is 0 Å². The number of aromatic nitrogens is 1. The number of aryl methyl sites for hydroxylation is 1. The van der Waals surface area contributed by atoms with Crippen molar-refractivity contribution in [3.8, 4) is 5.75 Å². The van der Waals surface area contributed by atoms with E-state index < -0.39 is 18.0 Å². The molecule has 154 valence electrons. The normalized spacial score (nSPS) is 11.8. The summed E-state index contributed by atoms with van der Waals surface area (Å²) in [6, 6.07) is 16.0. The number of nitrogens with zero attached hydrogens (tertiary/aromatic N) is 1. The molecule has 1 N–H and O–H groups in total. The van der Waals surface area contributed by atoms with Gasteiger partial charge in [-0.15, -0.1) is 11.3 Å². The van der Waals surface area contributed by atoms with Crippen molar-refractivity contribution in [2.45, 2.75) is 20.0 Å². The molecule has 0 radical (unpaired) electrons. The van der Waals surface area contributed by atoms with Crippen LogP contribution in [0.15, 0.2) is 66.1 Å². The van der Waals surface area contributed by atoms with Gasteiger partial charge in [0.05, 0.1) is 23.0 Å². The van der Waals surface area contributed by atoms with E-state index in [0.29, 0.717) is 29.3 Å². The topological polar surface area (TPSA) is 77.5 Å². The number of hydrogen-bond acceptors (Lipinski definition) is 6. The number of thiazole rings is 1. The van der Waals surface area contributed by atoms with E-state index in [1.807, 2.05) is 31.4 Å². The smallest absolute Gasteiger partial charge is 0.331 e. The van der Waals surface area contributed by atoms with Crippen LogP contribution in [-0.4, -0.2) is 23.5 Å². The van der Waals surface area contributed by atoms with Gasteiger partial charge in [-0.1, -0.05) is 42.5 Å². The van der Waals surface area contributed by atoms with Gasteiger partial charge in [0.15, 0.2) is 0 Å². The first-order chi connectivity index (χ1) is 14.6. The molecule has 1 unspecified atom stereocenters. The fourth-order valence-electron chi connectivity index (χ4n) is 2.72. The van der Waals surface area contributed by atoms with Crippen molar-refractivity contribution < 1.29 is 19.1 Å². The Kier molecular flexibility index (Phi) is 7.34. The van der Waals surface area contributed by atoms with Crippen LogP contribution in [0.1, 0.15) is 29.3 Å². The summed E-state index contributed by atoms with van der Waals surface area (Å²) in [6.45, 7) is 4.21. The van der Waals surface area contributed by atoms with E-state index in [1.165, 1.54) is 17.4 Å². The molecule has 0 fully saturated rings. The van der Waals surface area contributed by atoms with E-state index in [1.54, 1.807) is 48.5 Å². The highest BCUT2D eigenvalue weighted by Gasteiger charge is 2.25. The molecular weight excluding hydrogens is 400 g/mol. The molecular formula is C23H22N2O4S. The van der Waals surface area contributed by atoms with Crippen LogP contribution in [0, 0.1) is 6.92 Å². The molecule has 0 saturated carbocycles. The molecule has 0 bridgehead atoms. The molecule has 0 aliphatic rings. The van der Waals surface area contributed by atoms with Gasteiger partial charge in [0.1, 0.15) is 5.75 Å². The molecule has 6 nitrogen and oxygen atoms in total. The fourth-order valence-corrected chi connectivity index (χ4v) is 3.30. The van der Waals surface area contributed by atoms with Crippen molar-refractivity contribution in [1.29, 1.82) is 0 Å². The Morgan fingerprint density at radius 2 is 1.87 bits per heavy atom. The lowest BCUT2D eigenvalue weighted by molar-refractivity contribution is -0.149. The zero-order valence-electron chi connectivity index (χ0n) is 16.7. The van der Waals surface area contributed by atoms with Crippen molar-refractivity contribution in [1.82, 2.24) is 4.98 Å². The van der Waals surface area contributed by atoms with Crippen molar-refractivity contribution in [3.63, 3.8) is 0 Å². The van der Waals surface area contributed by atoms with Gasteiger partial charge >= 0.3 is 5.97 Å². The largest absolute Gasteiger partial charge is 0.492 e. The van der Waals surface area contributed by atoms with Crippen LogP contribution in [0.2, 0.25) is 0 Å². The number of hydrogen-bond donors (Lipinski definition) is 1. The van der Waals surface area contributed by atoms with Crippen LogP contribution < -0.4 is 10.1 Å². The number of esters is 1. The average Bonchev–Trinajstić information content (AvgIpc) is 3.18. The zero-order chi connectivity index (χ0) is 21.3. The van der Waals surface area contributed by atoms with Crippen molar-refractivity contribution in [2.24, 2.45) is 0 Å². The average molecular weight is 423 g/mol. The summed E-state index contributed by atoms with van der Waals surface area (Å²) in [4.78, 5) is 29.7. The minimum atomic E-state index is -1.12. The number of ether oxygens (including phenoxy) is 2. The number of nitrogens with one attached hydrogen (secondary N) is 1. The first-order valence-corrected chi connectivity index (χ1v) is 10.3. The minimum absolute atomic E-state index is 0.463. The maximum atomic E-state index is 13.0. The Bertz CT molecular complexity index is 1030. The second-order valence-electron chi connectivity index (χ2n) is 6.27. The third-order valence-electron chi connectivity index (χ3n) is 4.05. The van der Waals surface area contributed by atoms with Crippen LogP contribution in [0.4, 0.5) is 5.69 Å². The molecule has 0 spiro atoms. The maximum absolute atomic E-state index is 13.0. The van der Waals surface area contributed by atoms with Crippen molar-refractivity contribution >= 4 is 35.0 Å². The summed E-state index contributed by atoms with van der Waals surface area (Å²) in [7, 11) is 0. The lowest BCUT2D eigenvalue weighted by atomic mass is 10.1. The molecule has 0 saturated heterocycles. The standard InChI is InChI=1S/C23H22N2O4S/c1-3-28-20-12-8-7-11-19(20)25-23(27)22(17-9-5-4-6-10-17)29-21(26)14-13-18-15-30-16(2)24-18/h4-15,22H,3H2,1-2H3,(H,25,27)/b14-13+. The SMILES string of the molecule is CCOc1ccccc1NC(=O)C(OC(=O)/C=C/c1csc(C)n1)c1ccccc1. The summed E-state index contributed by atoms with van der Waals surface area (Å²) < 4.78 is 11.1.